The molecule has 1 rings (SSSR count). The topological polar surface area (TPSA) is 92.2 Å². The number of nitrogens with one attached hydrogen (secondary N) is 1. The molecule has 0 amide bonds. The van der Waals surface area contributed by atoms with E-state index in [-0.39, 0.29) is 12.0 Å². The van der Waals surface area contributed by atoms with Crippen LogP contribution in [0.15, 0.2) is 9.59 Å². The number of aliphatic carboxylic acids is 1. The predicted molar refractivity (Wildman–Crippen MR) is 66.9 cm³/mol. The number of aromatic nitrogens is 2. The molecule has 100 valence electrons. The Balaban J connectivity index is 3.22. The number of aromatic amines is 1. The van der Waals surface area contributed by atoms with E-state index in [1.165, 1.54) is 6.92 Å². The highest BCUT2D eigenvalue weighted by Gasteiger charge is 2.14. The van der Waals surface area contributed by atoms with E-state index in [4.69, 9.17) is 5.11 Å². The smallest absolute Gasteiger partial charge is 0.328 e. The van der Waals surface area contributed by atoms with Crippen LogP contribution in [0.1, 0.15) is 31.5 Å². The van der Waals surface area contributed by atoms with Gasteiger partial charge in [-0.25, -0.2) is 4.79 Å². The van der Waals surface area contributed by atoms with Gasteiger partial charge in [0.2, 0.25) is 0 Å². The fourth-order valence-corrected chi connectivity index (χ4v) is 1.67. The van der Waals surface area contributed by atoms with Crippen LogP contribution in [0.2, 0.25) is 0 Å². The molecule has 0 atom stereocenters. The van der Waals surface area contributed by atoms with Crippen LogP contribution in [-0.2, 0) is 17.8 Å². The number of carboxylic acids is 1. The van der Waals surface area contributed by atoms with Gasteiger partial charge in [0.15, 0.2) is 0 Å². The quantitative estimate of drug-likeness (QED) is 0.801. The first-order valence-electron chi connectivity index (χ1n) is 5.87. The first-order chi connectivity index (χ1) is 8.32. The summed E-state index contributed by atoms with van der Waals surface area (Å²) < 4.78 is 1.07. The van der Waals surface area contributed by atoms with E-state index in [9.17, 15) is 14.4 Å². The van der Waals surface area contributed by atoms with Gasteiger partial charge in [-0.05, 0) is 19.3 Å². The zero-order chi connectivity index (χ0) is 13.9. The van der Waals surface area contributed by atoms with Gasteiger partial charge in [-0.15, -0.1) is 0 Å². The number of aryl methyl sites for hydroxylation is 1. The molecule has 0 aliphatic carbocycles. The monoisotopic (exact) mass is 254 g/mol. The van der Waals surface area contributed by atoms with Gasteiger partial charge in [0.25, 0.3) is 5.56 Å². The summed E-state index contributed by atoms with van der Waals surface area (Å²) in [6.07, 6.45) is 0.321. The predicted octanol–water partition coefficient (Wildman–Crippen LogP) is 0.518. The molecule has 1 aromatic heterocycles. The molecule has 0 unspecified atom stereocenters. The minimum absolute atomic E-state index is 0.144. The lowest BCUT2D eigenvalue weighted by molar-refractivity contribution is -0.136. The van der Waals surface area contributed by atoms with Crippen molar-refractivity contribution in [2.24, 2.45) is 5.92 Å². The van der Waals surface area contributed by atoms with E-state index < -0.39 is 17.2 Å². The summed E-state index contributed by atoms with van der Waals surface area (Å²) in [5.74, 6) is -0.724. The van der Waals surface area contributed by atoms with Gasteiger partial charge < -0.3 is 10.1 Å². The van der Waals surface area contributed by atoms with Gasteiger partial charge in [0.05, 0.1) is 6.42 Å². The van der Waals surface area contributed by atoms with Crippen LogP contribution in [0.25, 0.3) is 0 Å². The Bertz CT molecular complexity index is 554. The summed E-state index contributed by atoms with van der Waals surface area (Å²) >= 11 is 0. The number of hydrogen-bond donors (Lipinski definition) is 2. The molecular weight excluding hydrogens is 236 g/mol. The third-order valence-corrected chi connectivity index (χ3v) is 2.75. The normalized spacial score (nSPS) is 10.9. The molecular formula is C12H18N2O4. The number of rotatable bonds is 5. The van der Waals surface area contributed by atoms with Crippen molar-refractivity contribution >= 4 is 5.97 Å². The second-order valence-electron chi connectivity index (χ2n) is 4.74. The SMILES string of the molecule is Cc1[nH]c(=O)n(CCC(C)C)c(=O)c1CC(=O)O. The number of hydrogen-bond acceptors (Lipinski definition) is 3. The van der Waals surface area contributed by atoms with Crippen LogP contribution in [0.4, 0.5) is 0 Å². The molecule has 0 saturated heterocycles. The highest BCUT2D eigenvalue weighted by molar-refractivity contribution is 5.70. The van der Waals surface area contributed by atoms with Crippen molar-refractivity contribution in [3.63, 3.8) is 0 Å². The van der Waals surface area contributed by atoms with Gasteiger partial charge in [-0.1, -0.05) is 13.8 Å². The van der Waals surface area contributed by atoms with Gasteiger partial charge >= 0.3 is 11.7 Å². The van der Waals surface area contributed by atoms with E-state index >= 15 is 0 Å². The fourth-order valence-electron chi connectivity index (χ4n) is 1.67. The standard InChI is InChI=1S/C12H18N2O4/c1-7(2)4-5-14-11(17)9(6-10(15)16)8(3)13-12(14)18/h7H,4-6H2,1-3H3,(H,13,18)(H,15,16). The fraction of sp³-hybridized carbons (Fsp3) is 0.583. The first kappa shape index (κ1) is 14.2. The molecule has 2 N–H and O–H groups in total. The molecule has 0 fully saturated rings. The van der Waals surface area contributed by atoms with Crippen LogP contribution < -0.4 is 11.2 Å². The van der Waals surface area contributed by atoms with E-state index in [0.29, 0.717) is 24.6 Å². The molecule has 6 nitrogen and oxygen atoms in total. The zero-order valence-corrected chi connectivity index (χ0v) is 10.8. The Morgan fingerprint density at radius 2 is 2.00 bits per heavy atom. The minimum atomic E-state index is -1.09. The van der Waals surface area contributed by atoms with Gasteiger partial charge in [0.1, 0.15) is 0 Å². The second-order valence-corrected chi connectivity index (χ2v) is 4.74. The van der Waals surface area contributed by atoms with E-state index in [2.05, 4.69) is 4.98 Å². The summed E-state index contributed by atoms with van der Waals surface area (Å²) in [5, 5.41) is 8.75. The van der Waals surface area contributed by atoms with Crippen LogP contribution in [0.3, 0.4) is 0 Å². The molecule has 0 aliphatic heterocycles. The van der Waals surface area contributed by atoms with Gasteiger partial charge in [-0.3, -0.25) is 14.2 Å². The average Bonchev–Trinajstić information content (AvgIpc) is 2.23. The Morgan fingerprint density at radius 3 is 2.50 bits per heavy atom. The van der Waals surface area contributed by atoms with Crippen LogP contribution >= 0.6 is 0 Å². The lowest BCUT2D eigenvalue weighted by Gasteiger charge is -2.10. The lowest BCUT2D eigenvalue weighted by Crippen LogP contribution is -2.39. The highest BCUT2D eigenvalue weighted by atomic mass is 16.4. The Kier molecular flexibility index (Phi) is 4.47. The summed E-state index contributed by atoms with van der Waals surface area (Å²) in [7, 11) is 0. The highest BCUT2D eigenvalue weighted by Crippen LogP contribution is 2.01. The number of carbonyl (C=O) groups is 1. The molecule has 0 saturated carbocycles. The second kappa shape index (κ2) is 5.66. The number of nitrogens with zero attached hydrogens (tertiary/aromatic N) is 1. The van der Waals surface area contributed by atoms with Crippen molar-refractivity contribution in [1.82, 2.24) is 9.55 Å². The maximum atomic E-state index is 12.0. The molecule has 6 heteroatoms. The van der Waals surface area contributed by atoms with Crippen molar-refractivity contribution in [1.29, 1.82) is 0 Å². The molecule has 1 aromatic rings. The Morgan fingerprint density at radius 1 is 1.39 bits per heavy atom. The molecule has 0 aliphatic rings. The molecule has 1 heterocycles. The summed E-state index contributed by atoms with van der Waals surface area (Å²) in [5.41, 5.74) is -0.509. The number of carboxylic acid groups (broad SMARTS) is 1. The van der Waals surface area contributed by atoms with Crippen molar-refractivity contribution in [3.8, 4) is 0 Å². The van der Waals surface area contributed by atoms with Crippen molar-refractivity contribution in [2.75, 3.05) is 0 Å². The summed E-state index contributed by atoms with van der Waals surface area (Å²) in [4.78, 5) is 36.9. The van der Waals surface area contributed by atoms with Crippen LogP contribution in [-0.4, -0.2) is 20.6 Å². The third-order valence-electron chi connectivity index (χ3n) is 2.75. The maximum absolute atomic E-state index is 12.0. The van der Waals surface area contributed by atoms with Gasteiger partial charge in [0, 0.05) is 17.8 Å². The lowest BCUT2D eigenvalue weighted by atomic mass is 10.1. The van der Waals surface area contributed by atoms with E-state index in [1.54, 1.807) is 0 Å². The van der Waals surface area contributed by atoms with Gasteiger partial charge in [-0.2, -0.15) is 0 Å². The van der Waals surface area contributed by atoms with Crippen molar-refractivity contribution in [2.45, 2.75) is 40.2 Å². The molecule has 0 spiro atoms. The maximum Gasteiger partial charge on any atom is 0.328 e. The van der Waals surface area contributed by atoms with E-state index in [1.807, 2.05) is 13.8 Å². The molecule has 0 aromatic carbocycles. The largest absolute Gasteiger partial charge is 0.481 e. The van der Waals surface area contributed by atoms with Crippen molar-refractivity contribution in [3.05, 3.63) is 32.1 Å². The Labute approximate surface area is 104 Å². The van der Waals surface area contributed by atoms with E-state index in [0.717, 1.165) is 4.57 Å². The molecule has 0 bridgehead atoms. The number of H-pyrrole nitrogens is 1. The summed E-state index contributed by atoms with van der Waals surface area (Å²) in [6.45, 7) is 5.82. The van der Waals surface area contributed by atoms with Crippen LogP contribution in [0, 0.1) is 12.8 Å². The molecule has 0 radical (unpaired) electrons. The summed E-state index contributed by atoms with van der Waals surface area (Å²) in [6, 6.07) is 0. The third kappa shape index (κ3) is 3.32. The zero-order valence-electron chi connectivity index (χ0n) is 10.8. The minimum Gasteiger partial charge on any atom is -0.481 e. The molecule has 18 heavy (non-hydrogen) atoms. The Hall–Kier alpha value is -1.85. The first-order valence-corrected chi connectivity index (χ1v) is 5.87. The van der Waals surface area contributed by atoms with Crippen LogP contribution in [0.5, 0.6) is 0 Å². The van der Waals surface area contributed by atoms with Crippen molar-refractivity contribution < 1.29 is 9.90 Å². The average molecular weight is 254 g/mol.